The van der Waals surface area contributed by atoms with Gasteiger partial charge in [-0.25, -0.2) is 8.42 Å². The van der Waals surface area contributed by atoms with Crippen molar-refractivity contribution in [1.82, 2.24) is 0 Å². The Morgan fingerprint density at radius 3 is 2.29 bits per heavy atom. The van der Waals surface area contributed by atoms with Gasteiger partial charge in [-0.15, -0.1) is 23.1 Å². The zero-order valence-electron chi connectivity index (χ0n) is 18.2. The van der Waals surface area contributed by atoms with Gasteiger partial charge >= 0.3 is 0 Å². The van der Waals surface area contributed by atoms with Gasteiger partial charge in [-0.05, 0) is 53.4 Å². The summed E-state index contributed by atoms with van der Waals surface area (Å²) < 4.78 is 33.1. The second-order valence-electron chi connectivity index (χ2n) is 7.16. The number of amides is 1. The summed E-state index contributed by atoms with van der Waals surface area (Å²) in [6.45, 7) is 0. The summed E-state index contributed by atoms with van der Waals surface area (Å²) in [6.07, 6.45) is 0. The molecule has 174 valence electrons. The summed E-state index contributed by atoms with van der Waals surface area (Å²) in [5.74, 6) is 0.387. The number of hydrogen-bond acceptors (Lipinski definition) is 6. The summed E-state index contributed by atoms with van der Waals surface area (Å²) in [4.78, 5) is 14.1. The van der Waals surface area contributed by atoms with Crippen molar-refractivity contribution in [2.45, 2.75) is 14.4 Å². The number of ether oxygens (including phenoxy) is 1. The number of anilines is 2. The van der Waals surface area contributed by atoms with E-state index in [0.717, 1.165) is 21.8 Å². The van der Waals surface area contributed by atoms with Gasteiger partial charge in [0.1, 0.15) is 15.2 Å². The fraction of sp³-hybridized carbons (Fsp3) is 0.0800. The van der Waals surface area contributed by atoms with Crippen LogP contribution >= 0.6 is 23.1 Å². The molecule has 34 heavy (non-hydrogen) atoms. The molecule has 1 unspecified atom stereocenters. The van der Waals surface area contributed by atoms with Crippen LogP contribution in [0.2, 0.25) is 0 Å². The molecule has 3 aromatic carbocycles. The van der Waals surface area contributed by atoms with Crippen molar-refractivity contribution in [3.05, 3.63) is 102 Å². The fourth-order valence-electron chi connectivity index (χ4n) is 3.21. The number of sulfonamides is 1. The van der Waals surface area contributed by atoms with Gasteiger partial charge in [0.25, 0.3) is 10.0 Å². The molecule has 9 heteroatoms. The minimum atomic E-state index is -3.62. The van der Waals surface area contributed by atoms with Crippen molar-refractivity contribution in [3.8, 4) is 5.75 Å². The summed E-state index contributed by atoms with van der Waals surface area (Å²) >= 11 is 2.54. The Hall–Kier alpha value is -3.27. The van der Waals surface area contributed by atoms with Crippen LogP contribution in [0.5, 0.6) is 5.75 Å². The standard InChI is InChI=1S/C25H22N2O4S3/c1-31-22-11-6-5-10-21(22)26-25(28)24(18-8-3-2-4-9-18)33-20-15-13-19(14-16-20)27-34(29,30)23-12-7-17-32-23/h2-17,24,27H,1H3,(H,26,28). The Morgan fingerprint density at radius 1 is 0.912 bits per heavy atom. The van der Waals surface area contributed by atoms with E-state index < -0.39 is 15.3 Å². The highest BCUT2D eigenvalue weighted by molar-refractivity contribution is 8.00. The molecule has 0 fully saturated rings. The van der Waals surface area contributed by atoms with E-state index in [1.54, 1.807) is 61.0 Å². The molecular formula is C25H22N2O4S3. The molecule has 1 aromatic heterocycles. The zero-order chi connectivity index (χ0) is 24.0. The van der Waals surface area contributed by atoms with Crippen molar-refractivity contribution in [2.75, 3.05) is 17.1 Å². The van der Waals surface area contributed by atoms with Crippen LogP contribution in [0, 0.1) is 0 Å². The molecule has 0 aliphatic rings. The minimum absolute atomic E-state index is 0.192. The average Bonchev–Trinajstić information content (AvgIpc) is 3.40. The van der Waals surface area contributed by atoms with Gasteiger partial charge < -0.3 is 10.1 Å². The highest BCUT2D eigenvalue weighted by Crippen LogP contribution is 2.37. The molecule has 0 aliphatic carbocycles. The Balaban J connectivity index is 1.53. The fourth-order valence-corrected chi connectivity index (χ4v) is 6.28. The van der Waals surface area contributed by atoms with Crippen LogP contribution in [0.3, 0.4) is 0 Å². The number of thiophene rings is 1. The predicted octanol–water partition coefficient (Wildman–Crippen LogP) is 6.03. The van der Waals surface area contributed by atoms with E-state index in [9.17, 15) is 13.2 Å². The number of rotatable bonds is 9. The normalized spacial score (nSPS) is 12.0. The van der Waals surface area contributed by atoms with E-state index in [2.05, 4.69) is 10.0 Å². The van der Waals surface area contributed by atoms with Crippen LogP contribution in [-0.2, 0) is 14.8 Å². The largest absolute Gasteiger partial charge is 0.495 e. The second kappa shape index (κ2) is 10.8. The van der Waals surface area contributed by atoms with Gasteiger partial charge in [0, 0.05) is 10.6 Å². The van der Waals surface area contributed by atoms with Crippen molar-refractivity contribution < 1.29 is 17.9 Å². The van der Waals surface area contributed by atoms with Gasteiger partial charge in [0.15, 0.2) is 0 Å². The molecule has 0 saturated heterocycles. The quantitative estimate of drug-likeness (QED) is 0.269. The molecule has 1 atom stereocenters. The number of hydrogen-bond donors (Lipinski definition) is 2. The molecule has 1 heterocycles. The molecule has 0 saturated carbocycles. The molecule has 0 spiro atoms. The topological polar surface area (TPSA) is 84.5 Å². The van der Waals surface area contributed by atoms with Crippen molar-refractivity contribution in [1.29, 1.82) is 0 Å². The second-order valence-corrected chi connectivity index (χ2v) is 11.2. The average molecular weight is 511 g/mol. The smallest absolute Gasteiger partial charge is 0.271 e. The van der Waals surface area contributed by atoms with Crippen LogP contribution in [0.25, 0.3) is 0 Å². The minimum Gasteiger partial charge on any atom is -0.495 e. The lowest BCUT2D eigenvalue weighted by molar-refractivity contribution is -0.115. The van der Waals surface area contributed by atoms with E-state index in [-0.39, 0.29) is 10.1 Å². The van der Waals surface area contributed by atoms with Crippen LogP contribution in [0.15, 0.2) is 105 Å². The number of carbonyl (C=O) groups excluding carboxylic acids is 1. The lowest BCUT2D eigenvalue weighted by Crippen LogP contribution is -2.19. The Kier molecular flexibility index (Phi) is 7.56. The number of carbonyl (C=O) groups is 1. The first-order valence-corrected chi connectivity index (χ1v) is 13.5. The number of thioether (sulfide) groups is 1. The first-order chi connectivity index (χ1) is 16.5. The van der Waals surface area contributed by atoms with Crippen LogP contribution < -0.4 is 14.8 Å². The first-order valence-electron chi connectivity index (χ1n) is 10.3. The molecule has 1 amide bonds. The zero-order valence-corrected chi connectivity index (χ0v) is 20.6. The van der Waals surface area contributed by atoms with Gasteiger partial charge in [-0.3, -0.25) is 9.52 Å². The maximum absolute atomic E-state index is 13.3. The van der Waals surface area contributed by atoms with E-state index in [1.165, 1.54) is 11.8 Å². The van der Waals surface area contributed by atoms with E-state index in [0.29, 0.717) is 17.1 Å². The van der Waals surface area contributed by atoms with Gasteiger partial charge in [0.2, 0.25) is 5.91 Å². The highest BCUT2D eigenvalue weighted by Gasteiger charge is 2.23. The van der Waals surface area contributed by atoms with Gasteiger partial charge in [-0.2, -0.15) is 0 Å². The number of nitrogens with one attached hydrogen (secondary N) is 2. The molecule has 6 nitrogen and oxygen atoms in total. The third-order valence-corrected chi connectivity index (χ3v) is 8.87. The Labute approximate surface area is 207 Å². The van der Waals surface area contributed by atoms with Crippen molar-refractivity contribution in [2.24, 2.45) is 0 Å². The van der Waals surface area contributed by atoms with Gasteiger partial charge in [0.05, 0.1) is 12.8 Å². The van der Waals surface area contributed by atoms with Crippen LogP contribution in [0.1, 0.15) is 10.8 Å². The van der Waals surface area contributed by atoms with Crippen molar-refractivity contribution in [3.63, 3.8) is 0 Å². The number of methoxy groups -OCH3 is 1. The first kappa shape index (κ1) is 23.9. The molecule has 0 radical (unpaired) electrons. The molecule has 2 N–H and O–H groups in total. The van der Waals surface area contributed by atoms with E-state index >= 15 is 0 Å². The summed E-state index contributed by atoms with van der Waals surface area (Å²) in [5, 5.41) is 4.15. The molecule has 4 rings (SSSR count). The lowest BCUT2D eigenvalue weighted by Gasteiger charge is -2.18. The lowest BCUT2D eigenvalue weighted by atomic mass is 10.1. The van der Waals surface area contributed by atoms with Gasteiger partial charge in [-0.1, -0.05) is 48.5 Å². The maximum Gasteiger partial charge on any atom is 0.271 e. The van der Waals surface area contributed by atoms with Crippen LogP contribution in [-0.4, -0.2) is 21.4 Å². The molecule has 4 aromatic rings. The maximum atomic E-state index is 13.3. The Morgan fingerprint density at radius 2 is 1.62 bits per heavy atom. The molecule has 0 aliphatic heterocycles. The van der Waals surface area contributed by atoms with E-state index in [4.69, 9.17) is 4.74 Å². The summed E-state index contributed by atoms with van der Waals surface area (Å²) in [7, 11) is -2.06. The SMILES string of the molecule is COc1ccccc1NC(=O)C(Sc1ccc(NS(=O)(=O)c2cccs2)cc1)c1ccccc1. The van der Waals surface area contributed by atoms with Crippen LogP contribution in [0.4, 0.5) is 11.4 Å². The summed E-state index contributed by atoms with van der Waals surface area (Å²) in [5.41, 5.74) is 1.89. The van der Waals surface area contributed by atoms with E-state index in [1.807, 2.05) is 42.5 Å². The highest BCUT2D eigenvalue weighted by atomic mass is 32.2. The van der Waals surface area contributed by atoms with Crippen molar-refractivity contribution >= 4 is 50.4 Å². The third-order valence-electron chi connectivity index (χ3n) is 4.83. The Bertz CT molecular complexity index is 1340. The predicted molar refractivity (Wildman–Crippen MR) is 138 cm³/mol. The monoisotopic (exact) mass is 510 g/mol. The summed E-state index contributed by atoms with van der Waals surface area (Å²) in [6, 6.07) is 27.0. The third kappa shape index (κ3) is 5.80. The molecular weight excluding hydrogens is 488 g/mol. The number of para-hydroxylation sites is 2. The number of benzene rings is 3. The molecule has 0 bridgehead atoms.